The van der Waals surface area contributed by atoms with E-state index in [9.17, 15) is 13.2 Å². The van der Waals surface area contributed by atoms with Crippen molar-refractivity contribution in [1.29, 1.82) is 0 Å². The first-order valence-electron chi connectivity index (χ1n) is 7.40. The summed E-state index contributed by atoms with van der Waals surface area (Å²) in [5, 5.41) is 5.87. The van der Waals surface area contributed by atoms with Gasteiger partial charge in [-0.05, 0) is 37.1 Å². The number of nitrogens with one attached hydrogen (secondary N) is 2. The van der Waals surface area contributed by atoms with Crippen LogP contribution in [0.2, 0.25) is 0 Å². The second kappa shape index (κ2) is 8.26. The number of amides is 1. The van der Waals surface area contributed by atoms with Crippen LogP contribution in [0.4, 0.5) is 5.69 Å². The summed E-state index contributed by atoms with van der Waals surface area (Å²) in [6.07, 6.45) is -0.572. The number of nitrogens with zero attached hydrogens (tertiary/aromatic N) is 1. The van der Waals surface area contributed by atoms with Crippen molar-refractivity contribution < 1.29 is 17.9 Å². The number of benzene rings is 1. The second-order valence-electron chi connectivity index (χ2n) is 5.75. The van der Waals surface area contributed by atoms with Crippen molar-refractivity contribution in [1.82, 2.24) is 9.62 Å². The molecule has 0 spiro atoms. The molecule has 0 radical (unpaired) electrons. The first-order valence-corrected chi connectivity index (χ1v) is 8.84. The number of carbonyl (C=O) groups excluding carboxylic acids is 1. The van der Waals surface area contributed by atoms with Gasteiger partial charge in [0.25, 0.3) is 5.91 Å². The van der Waals surface area contributed by atoms with E-state index in [1.807, 2.05) is 13.8 Å². The molecule has 1 fully saturated rings. The van der Waals surface area contributed by atoms with E-state index in [0.717, 1.165) is 22.0 Å². The Morgan fingerprint density at radius 1 is 1.33 bits per heavy atom. The van der Waals surface area contributed by atoms with E-state index in [-0.39, 0.29) is 23.2 Å². The van der Waals surface area contributed by atoms with E-state index in [1.165, 1.54) is 20.2 Å². The Morgan fingerprint density at radius 2 is 2.00 bits per heavy atom. The second-order valence-corrected chi connectivity index (χ2v) is 7.90. The number of aryl methyl sites for hydroxylation is 1. The van der Waals surface area contributed by atoms with Crippen molar-refractivity contribution in [2.75, 3.05) is 39.1 Å². The van der Waals surface area contributed by atoms with E-state index in [1.54, 1.807) is 6.07 Å². The fourth-order valence-electron chi connectivity index (χ4n) is 2.26. The average molecular weight is 378 g/mol. The summed E-state index contributed by atoms with van der Waals surface area (Å²) in [5.74, 6) is -0.279. The van der Waals surface area contributed by atoms with Crippen LogP contribution < -0.4 is 10.6 Å². The van der Waals surface area contributed by atoms with Crippen molar-refractivity contribution in [2.45, 2.75) is 24.8 Å². The maximum absolute atomic E-state index is 12.3. The number of hydrogen-bond acceptors (Lipinski definition) is 5. The zero-order valence-electron chi connectivity index (χ0n) is 14.3. The molecule has 1 aromatic rings. The first-order chi connectivity index (χ1) is 10.7. The van der Waals surface area contributed by atoms with E-state index < -0.39 is 16.1 Å². The topological polar surface area (TPSA) is 87.7 Å². The molecule has 1 atom stereocenters. The molecule has 136 valence electrons. The maximum Gasteiger partial charge on any atom is 0.254 e. The van der Waals surface area contributed by atoms with Gasteiger partial charge in [-0.15, -0.1) is 12.4 Å². The molecular weight excluding hydrogens is 354 g/mol. The Balaban J connectivity index is 0.00000288. The predicted octanol–water partition coefficient (Wildman–Crippen LogP) is 0.902. The van der Waals surface area contributed by atoms with Crippen LogP contribution in [-0.4, -0.2) is 58.5 Å². The number of hydrogen-bond donors (Lipinski definition) is 2. The zero-order valence-corrected chi connectivity index (χ0v) is 15.9. The minimum Gasteiger partial charge on any atom is -0.366 e. The van der Waals surface area contributed by atoms with Crippen molar-refractivity contribution in [3.05, 3.63) is 23.3 Å². The molecule has 1 saturated heterocycles. The number of rotatable bonds is 4. The van der Waals surface area contributed by atoms with Gasteiger partial charge >= 0.3 is 0 Å². The third kappa shape index (κ3) is 4.46. The molecule has 1 heterocycles. The van der Waals surface area contributed by atoms with Crippen LogP contribution in [0, 0.1) is 13.8 Å². The van der Waals surface area contributed by atoms with Crippen LogP contribution in [0.15, 0.2) is 17.0 Å². The van der Waals surface area contributed by atoms with Crippen LogP contribution in [0.3, 0.4) is 0 Å². The highest BCUT2D eigenvalue weighted by Gasteiger charge is 2.24. The summed E-state index contributed by atoms with van der Waals surface area (Å²) in [5.41, 5.74) is 2.12. The molecule has 0 aromatic heterocycles. The summed E-state index contributed by atoms with van der Waals surface area (Å²) >= 11 is 0. The smallest absolute Gasteiger partial charge is 0.254 e. The Kier molecular flexibility index (Phi) is 7.18. The highest BCUT2D eigenvalue weighted by atomic mass is 35.5. The molecule has 9 heteroatoms. The van der Waals surface area contributed by atoms with Crippen LogP contribution in [0.5, 0.6) is 0 Å². The van der Waals surface area contributed by atoms with E-state index >= 15 is 0 Å². The van der Waals surface area contributed by atoms with Gasteiger partial charge in [0.05, 0.1) is 11.5 Å². The van der Waals surface area contributed by atoms with E-state index in [2.05, 4.69) is 10.6 Å². The van der Waals surface area contributed by atoms with Gasteiger partial charge in [0.15, 0.2) is 0 Å². The Bertz CT molecular complexity index is 701. The SMILES string of the molecule is Cc1cc(S(=O)(=O)N(C)C)cc(NC(=O)C2CNCCO2)c1C.Cl. The minimum absolute atomic E-state index is 0. The van der Waals surface area contributed by atoms with Crippen LogP contribution in [0.1, 0.15) is 11.1 Å². The van der Waals surface area contributed by atoms with Gasteiger partial charge in [0.1, 0.15) is 6.10 Å². The van der Waals surface area contributed by atoms with Crippen molar-refractivity contribution >= 4 is 34.0 Å². The summed E-state index contributed by atoms with van der Waals surface area (Å²) in [7, 11) is -0.608. The molecule has 2 N–H and O–H groups in total. The molecule has 0 aliphatic carbocycles. The molecule has 1 aliphatic heterocycles. The summed E-state index contributed by atoms with van der Waals surface area (Å²) < 4.78 is 31.2. The van der Waals surface area contributed by atoms with Gasteiger partial charge < -0.3 is 15.4 Å². The molecule has 0 bridgehead atoms. The van der Waals surface area contributed by atoms with Crippen LogP contribution in [0.25, 0.3) is 0 Å². The standard InChI is InChI=1S/C15H23N3O4S.ClH/c1-10-7-12(23(20,21)18(3)4)8-13(11(10)2)17-15(19)14-9-16-5-6-22-14;/h7-8,14,16H,5-6,9H2,1-4H3,(H,17,19);1H. The highest BCUT2D eigenvalue weighted by molar-refractivity contribution is 7.89. The van der Waals surface area contributed by atoms with Gasteiger partial charge in [0.2, 0.25) is 10.0 Å². The molecular formula is C15H24ClN3O4S. The van der Waals surface area contributed by atoms with Gasteiger partial charge in [-0.2, -0.15) is 0 Å². The van der Waals surface area contributed by atoms with E-state index in [4.69, 9.17) is 4.74 Å². The van der Waals surface area contributed by atoms with Crippen LogP contribution >= 0.6 is 12.4 Å². The van der Waals surface area contributed by atoms with Crippen LogP contribution in [-0.2, 0) is 19.6 Å². The number of sulfonamides is 1. The van der Waals surface area contributed by atoms with Crippen molar-refractivity contribution in [3.63, 3.8) is 0 Å². The number of morpholine rings is 1. The molecule has 24 heavy (non-hydrogen) atoms. The summed E-state index contributed by atoms with van der Waals surface area (Å²) in [6.45, 7) is 5.30. The minimum atomic E-state index is -3.56. The number of anilines is 1. The molecule has 1 aliphatic rings. The normalized spacial score (nSPS) is 18.1. The first kappa shape index (κ1) is 20.9. The van der Waals surface area contributed by atoms with Gasteiger partial charge in [-0.3, -0.25) is 4.79 Å². The fraction of sp³-hybridized carbons (Fsp3) is 0.533. The molecule has 7 nitrogen and oxygen atoms in total. The maximum atomic E-state index is 12.3. The lowest BCUT2D eigenvalue weighted by atomic mass is 10.1. The molecule has 0 saturated carbocycles. The Labute approximate surface area is 149 Å². The fourth-order valence-corrected chi connectivity index (χ4v) is 3.28. The largest absolute Gasteiger partial charge is 0.366 e. The highest BCUT2D eigenvalue weighted by Crippen LogP contribution is 2.25. The van der Waals surface area contributed by atoms with Gasteiger partial charge in [-0.1, -0.05) is 0 Å². The molecule has 1 aromatic carbocycles. The third-order valence-electron chi connectivity index (χ3n) is 3.90. The monoisotopic (exact) mass is 377 g/mol. The number of ether oxygens (including phenoxy) is 1. The van der Waals surface area contributed by atoms with Crippen molar-refractivity contribution in [2.24, 2.45) is 0 Å². The third-order valence-corrected chi connectivity index (χ3v) is 5.69. The average Bonchev–Trinajstić information content (AvgIpc) is 2.52. The lowest BCUT2D eigenvalue weighted by molar-refractivity contribution is -0.128. The Morgan fingerprint density at radius 3 is 2.54 bits per heavy atom. The number of carbonyl (C=O) groups is 1. The van der Waals surface area contributed by atoms with Crippen molar-refractivity contribution in [3.8, 4) is 0 Å². The summed E-state index contributed by atoms with van der Waals surface area (Å²) in [4.78, 5) is 12.4. The van der Waals surface area contributed by atoms with Gasteiger partial charge in [-0.25, -0.2) is 12.7 Å². The Hall–Kier alpha value is -1.19. The number of halogens is 1. The predicted molar refractivity (Wildman–Crippen MR) is 95.3 cm³/mol. The zero-order chi connectivity index (χ0) is 17.2. The van der Waals surface area contributed by atoms with E-state index in [0.29, 0.717) is 18.8 Å². The molecule has 2 rings (SSSR count). The summed E-state index contributed by atoms with van der Waals surface area (Å²) in [6, 6.07) is 3.10. The quantitative estimate of drug-likeness (QED) is 0.814. The lowest BCUT2D eigenvalue weighted by Gasteiger charge is -2.23. The molecule has 1 unspecified atom stereocenters. The van der Waals surface area contributed by atoms with Gasteiger partial charge in [0, 0.05) is 32.9 Å². The molecule has 1 amide bonds. The lowest BCUT2D eigenvalue weighted by Crippen LogP contribution is -2.45.